The van der Waals surface area contributed by atoms with E-state index in [4.69, 9.17) is 5.11 Å². The van der Waals surface area contributed by atoms with Crippen LogP contribution in [0.4, 0.5) is 0 Å². The lowest BCUT2D eigenvalue weighted by Gasteiger charge is -2.13. The number of benzene rings is 1. The Kier molecular flexibility index (Phi) is 6.20. The van der Waals surface area contributed by atoms with Gasteiger partial charge >= 0.3 is 5.97 Å². The molecule has 5 nitrogen and oxygen atoms in total. The molecule has 0 atom stereocenters. The summed E-state index contributed by atoms with van der Waals surface area (Å²) in [7, 11) is 1.72. The summed E-state index contributed by atoms with van der Waals surface area (Å²) in [5.74, 6) is -0.175. The largest absolute Gasteiger partial charge is 0.481 e. The summed E-state index contributed by atoms with van der Waals surface area (Å²) >= 11 is 1.42. The Morgan fingerprint density at radius 1 is 1.29 bits per heavy atom. The first kappa shape index (κ1) is 18.3. The number of aliphatic carboxylic acids is 1. The number of carboxylic acid groups (broad SMARTS) is 1. The Morgan fingerprint density at radius 2 is 2.00 bits per heavy atom. The maximum absolute atomic E-state index is 12.7. The molecule has 0 radical (unpaired) electrons. The number of rotatable bonds is 7. The van der Waals surface area contributed by atoms with Gasteiger partial charge in [0.15, 0.2) is 5.16 Å². The molecule has 0 aliphatic carbocycles. The Bertz CT molecular complexity index is 799. The van der Waals surface area contributed by atoms with Gasteiger partial charge in [0.05, 0.1) is 0 Å². The molecule has 0 aliphatic heterocycles. The second-order valence-electron chi connectivity index (χ2n) is 5.77. The highest BCUT2D eigenvalue weighted by Crippen LogP contribution is 2.18. The molecule has 0 saturated carbocycles. The number of aromatic nitrogens is 2. The first-order chi connectivity index (χ1) is 11.4. The van der Waals surface area contributed by atoms with Gasteiger partial charge in [-0.05, 0) is 31.4 Å². The van der Waals surface area contributed by atoms with Crippen LogP contribution in [0.25, 0.3) is 0 Å². The van der Waals surface area contributed by atoms with E-state index in [0.717, 1.165) is 16.8 Å². The van der Waals surface area contributed by atoms with Crippen molar-refractivity contribution in [2.24, 2.45) is 7.05 Å². The minimum atomic E-state index is -0.804. The highest BCUT2D eigenvalue weighted by atomic mass is 32.2. The SMILES string of the molecule is Cc1ccccc1Cc1c(C)nc(SCCCC(=O)O)n(C)c1=O. The summed E-state index contributed by atoms with van der Waals surface area (Å²) in [5.41, 5.74) is 3.70. The molecule has 0 fully saturated rings. The zero-order chi connectivity index (χ0) is 17.7. The molecule has 1 N–H and O–H groups in total. The zero-order valence-electron chi connectivity index (χ0n) is 14.2. The lowest BCUT2D eigenvalue weighted by molar-refractivity contribution is -0.137. The third-order valence-electron chi connectivity index (χ3n) is 3.94. The van der Waals surface area contributed by atoms with Crippen LogP contribution in [0.15, 0.2) is 34.2 Å². The van der Waals surface area contributed by atoms with Crippen molar-refractivity contribution >= 4 is 17.7 Å². The standard InChI is InChI=1S/C18H22N2O3S/c1-12-7-4-5-8-14(12)11-15-13(2)19-18(20(3)17(15)23)24-10-6-9-16(21)22/h4-5,7-8H,6,9-11H2,1-3H3,(H,21,22). The van der Waals surface area contributed by atoms with Gasteiger partial charge in [-0.2, -0.15) is 0 Å². The summed E-state index contributed by atoms with van der Waals surface area (Å²) in [6.07, 6.45) is 1.26. The molecule has 1 aromatic heterocycles. The van der Waals surface area contributed by atoms with Crippen molar-refractivity contribution in [1.82, 2.24) is 9.55 Å². The molecular weight excluding hydrogens is 324 g/mol. The molecule has 2 aromatic rings. The minimum Gasteiger partial charge on any atom is -0.481 e. The zero-order valence-corrected chi connectivity index (χ0v) is 15.0. The summed E-state index contributed by atoms with van der Waals surface area (Å²) in [6.45, 7) is 3.89. The molecule has 0 amide bonds. The van der Waals surface area contributed by atoms with Gasteiger partial charge in [-0.3, -0.25) is 14.2 Å². The second-order valence-corrected chi connectivity index (χ2v) is 6.83. The first-order valence-electron chi connectivity index (χ1n) is 7.85. The van der Waals surface area contributed by atoms with E-state index in [1.807, 2.05) is 38.1 Å². The first-order valence-corrected chi connectivity index (χ1v) is 8.84. The number of carboxylic acids is 1. The van der Waals surface area contributed by atoms with Crippen molar-refractivity contribution in [1.29, 1.82) is 0 Å². The quantitative estimate of drug-likeness (QED) is 0.474. The summed E-state index contributed by atoms with van der Waals surface area (Å²) < 4.78 is 1.56. The van der Waals surface area contributed by atoms with Crippen molar-refractivity contribution < 1.29 is 9.90 Å². The normalized spacial score (nSPS) is 10.8. The van der Waals surface area contributed by atoms with Crippen LogP contribution in [0.3, 0.4) is 0 Å². The van der Waals surface area contributed by atoms with E-state index in [1.54, 1.807) is 11.6 Å². The number of carbonyl (C=O) groups is 1. The third-order valence-corrected chi connectivity index (χ3v) is 5.06. The number of thioether (sulfide) groups is 1. The van der Waals surface area contributed by atoms with E-state index in [9.17, 15) is 9.59 Å². The maximum Gasteiger partial charge on any atom is 0.303 e. The fraction of sp³-hybridized carbons (Fsp3) is 0.389. The predicted octanol–water partition coefficient (Wildman–Crippen LogP) is 2.94. The highest BCUT2D eigenvalue weighted by Gasteiger charge is 2.13. The number of hydrogen-bond acceptors (Lipinski definition) is 4. The molecule has 1 aromatic carbocycles. The Labute approximate surface area is 145 Å². The van der Waals surface area contributed by atoms with Crippen molar-refractivity contribution in [2.75, 3.05) is 5.75 Å². The Balaban J connectivity index is 2.20. The Morgan fingerprint density at radius 3 is 2.67 bits per heavy atom. The highest BCUT2D eigenvalue weighted by molar-refractivity contribution is 7.99. The molecule has 1 heterocycles. The lowest BCUT2D eigenvalue weighted by Crippen LogP contribution is -2.26. The van der Waals surface area contributed by atoms with Crippen LogP contribution in [-0.4, -0.2) is 26.4 Å². The average Bonchev–Trinajstić information content (AvgIpc) is 2.54. The number of aryl methyl sites for hydroxylation is 2. The van der Waals surface area contributed by atoms with Gasteiger partial charge in [-0.25, -0.2) is 4.98 Å². The monoisotopic (exact) mass is 346 g/mol. The molecule has 128 valence electrons. The maximum atomic E-state index is 12.7. The molecular formula is C18H22N2O3S. The minimum absolute atomic E-state index is 0.0357. The fourth-order valence-corrected chi connectivity index (χ4v) is 3.40. The van der Waals surface area contributed by atoms with Crippen molar-refractivity contribution in [2.45, 2.75) is 38.3 Å². The molecule has 0 bridgehead atoms. The van der Waals surface area contributed by atoms with Gasteiger partial charge in [-0.15, -0.1) is 0 Å². The molecule has 0 spiro atoms. The van der Waals surface area contributed by atoms with Crippen molar-refractivity contribution in [3.05, 3.63) is 57.0 Å². The summed E-state index contributed by atoms with van der Waals surface area (Å²) in [4.78, 5) is 27.8. The molecule has 2 rings (SSSR count). The van der Waals surface area contributed by atoms with E-state index in [0.29, 0.717) is 29.3 Å². The van der Waals surface area contributed by atoms with Gasteiger partial charge in [-0.1, -0.05) is 36.0 Å². The Hall–Kier alpha value is -2.08. The van der Waals surface area contributed by atoms with Crippen LogP contribution >= 0.6 is 11.8 Å². The predicted molar refractivity (Wildman–Crippen MR) is 95.8 cm³/mol. The van der Waals surface area contributed by atoms with Crippen molar-refractivity contribution in [3.63, 3.8) is 0 Å². The van der Waals surface area contributed by atoms with Crippen LogP contribution in [0.2, 0.25) is 0 Å². The lowest BCUT2D eigenvalue weighted by atomic mass is 10.0. The average molecular weight is 346 g/mol. The van der Waals surface area contributed by atoms with Gasteiger partial charge < -0.3 is 5.11 Å². The van der Waals surface area contributed by atoms with Crippen LogP contribution in [-0.2, 0) is 18.3 Å². The summed E-state index contributed by atoms with van der Waals surface area (Å²) in [6, 6.07) is 8.03. The van der Waals surface area contributed by atoms with Crippen LogP contribution in [0.1, 0.15) is 35.2 Å². The smallest absolute Gasteiger partial charge is 0.303 e. The van der Waals surface area contributed by atoms with Crippen LogP contribution in [0.5, 0.6) is 0 Å². The van der Waals surface area contributed by atoms with Crippen LogP contribution in [0, 0.1) is 13.8 Å². The second kappa shape index (κ2) is 8.15. The molecule has 0 unspecified atom stereocenters. The molecule has 0 aliphatic rings. The van der Waals surface area contributed by atoms with E-state index >= 15 is 0 Å². The van der Waals surface area contributed by atoms with Crippen molar-refractivity contribution in [3.8, 4) is 0 Å². The van der Waals surface area contributed by atoms with E-state index < -0.39 is 5.97 Å². The van der Waals surface area contributed by atoms with Gasteiger partial charge in [0.2, 0.25) is 0 Å². The van der Waals surface area contributed by atoms with Gasteiger partial charge in [0, 0.05) is 36.9 Å². The molecule has 0 saturated heterocycles. The third kappa shape index (κ3) is 4.47. The van der Waals surface area contributed by atoms with Crippen LogP contribution < -0.4 is 5.56 Å². The molecule has 6 heteroatoms. The topological polar surface area (TPSA) is 72.2 Å². The van der Waals surface area contributed by atoms with Gasteiger partial charge in [0.25, 0.3) is 5.56 Å². The van der Waals surface area contributed by atoms with E-state index in [-0.39, 0.29) is 12.0 Å². The molecule has 24 heavy (non-hydrogen) atoms. The number of nitrogens with zero attached hydrogens (tertiary/aromatic N) is 2. The fourth-order valence-electron chi connectivity index (χ4n) is 2.45. The van der Waals surface area contributed by atoms with E-state index in [1.165, 1.54) is 11.8 Å². The van der Waals surface area contributed by atoms with E-state index in [2.05, 4.69) is 4.98 Å². The number of hydrogen-bond donors (Lipinski definition) is 1. The van der Waals surface area contributed by atoms with Gasteiger partial charge in [0.1, 0.15) is 0 Å². The summed E-state index contributed by atoms with van der Waals surface area (Å²) in [5, 5.41) is 9.31.